The lowest BCUT2D eigenvalue weighted by atomic mass is 10.0. The summed E-state index contributed by atoms with van der Waals surface area (Å²) in [6.07, 6.45) is 1.82. The Morgan fingerprint density at radius 1 is 1.28 bits per heavy atom. The van der Waals surface area contributed by atoms with Crippen LogP contribution in [0.4, 0.5) is 10.1 Å². The summed E-state index contributed by atoms with van der Waals surface area (Å²) in [4.78, 5) is 3.90. The van der Waals surface area contributed by atoms with Crippen LogP contribution in [0.1, 0.15) is 11.1 Å². The Bertz CT molecular complexity index is 561. The maximum Gasteiger partial charge on any atom is 0.140 e. The minimum Gasteiger partial charge on any atom is -0.398 e. The SMILES string of the molecule is N=C(Cc1ccc(F)cc1)c1c(N)ccnc1Cl. The van der Waals surface area contributed by atoms with Crippen LogP contribution in [0.25, 0.3) is 0 Å². The van der Waals surface area contributed by atoms with Crippen molar-refractivity contribution in [2.75, 3.05) is 5.73 Å². The van der Waals surface area contributed by atoms with Crippen molar-refractivity contribution < 1.29 is 4.39 Å². The third-order valence-corrected chi connectivity index (χ3v) is 2.82. The van der Waals surface area contributed by atoms with Crippen molar-refractivity contribution in [3.05, 3.63) is 58.6 Å². The molecule has 2 aromatic rings. The van der Waals surface area contributed by atoms with E-state index in [1.807, 2.05) is 0 Å². The lowest BCUT2D eigenvalue weighted by Crippen LogP contribution is -2.08. The molecule has 1 aromatic carbocycles. The molecule has 2 rings (SSSR count). The standard InChI is InChI=1S/C13H11ClFN3/c14-13-12(10(16)5-6-18-13)11(17)7-8-1-3-9(15)4-2-8/h1-6,17H,7H2,(H2,16,18). The molecule has 0 bridgehead atoms. The van der Waals surface area contributed by atoms with Crippen molar-refractivity contribution in [2.24, 2.45) is 0 Å². The highest BCUT2D eigenvalue weighted by atomic mass is 35.5. The lowest BCUT2D eigenvalue weighted by Gasteiger charge is -2.08. The molecule has 0 saturated heterocycles. The third kappa shape index (κ3) is 2.65. The normalized spacial score (nSPS) is 10.3. The number of pyridine rings is 1. The number of nitrogens with zero attached hydrogens (tertiary/aromatic N) is 1. The number of nitrogens with one attached hydrogen (secondary N) is 1. The molecule has 0 amide bonds. The average Bonchev–Trinajstić information content (AvgIpc) is 2.32. The van der Waals surface area contributed by atoms with Gasteiger partial charge in [-0.05, 0) is 23.8 Å². The fourth-order valence-corrected chi connectivity index (χ4v) is 1.92. The summed E-state index contributed by atoms with van der Waals surface area (Å²) in [5.41, 5.74) is 7.71. The first kappa shape index (κ1) is 12.5. The summed E-state index contributed by atoms with van der Waals surface area (Å²) in [5, 5.41) is 8.21. The van der Waals surface area contributed by atoms with E-state index in [1.165, 1.54) is 18.3 Å². The molecule has 0 aliphatic rings. The van der Waals surface area contributed by atoms with Crippen LogP contribution in [0.5, 0.6) is 0 Å². The van der Waals surface area contributed by atoms with Gasteiger partial charge in [0, 0.05) is 24.0 Å². The van der Waals surface area contributed by atoms with Crippen molar-refractivity contribution in [3.8, 4) is 0 Å². The second-order valence-electron chi connectivity index (χ2n) is 3.85. The van der Waals surface area contributed by atoms with Gasteiger partial charge in [0.1, 0.15) is 11.0 Å². The summed E-state index contributed by atoms with van der Waals surface area (Å²) in [6.45, 7) is 0. The molecular formula is C13H11ClFN3. The maximum absolute atomic E-state index is 12.8. The highest BCUT2D eigenvalue weighted by Crippen LogP contribution is 2.21. The van der Waals surface area contributed by atoms with Gasteiger partial charge in [-0.15, -0.1) is 0 Å². The molecule has 0 unspecified atom stereocenters. The van der Waals surface area contributed by atoms with Crippen LogP contribution in [-0.4, -0.2) is 10.7 Å². The molecule has 5 heteroatoms. The third-order valence-electron chi connectivity index (χ3n) is 2.53. The van der Waals surface area contributed by atoms with E-state index < -0.39 is 0 Å². The number of rotatable bonds is 3. The number of nitrogen functional groups attached to an aromatic ring is 1. The highest BCUT2D eigenvalue weighted by molar-refractivity contribution is 6.33. The second kappa shape index (κ2) is 5.14. The van der Waals surface area contributed by atoms with E-state index in [-0.39, 0.29) is 16.7 Å². The Hall–Kier alpha value is -1.94. The van der Waals surface area contributed by atoms with Crippen LogP contribution < -0.4 is 5.73 Å². The highest BCUT2D eigenvalue weighted by Gasteiger charge is 2.12. The predicted octanol–water partition coefficient (Wildman–Crippen LogP) is 3.07. The van der Waals surface area contributed by atoms with E-state index in [0.717, 1.165) is 5.56 Å². The minimum atomic E-state index is -0.302. The molecule has 1 heterocycles. The van der Waals surface area contributed by atoms with Gasteiger partial charge in [0.25, 0.3) is 0 Å². The van der Waals surface area contributed by atoms with Gasteiger partial charge >= 0.3 is 0 Å². The molecule has 0 saturated carbocycles. The number of nitrogens with two attached hydrogens (primary N) is 1. The Morgan fingerprint density at radius 3 is 2.56 bits per heavy atom. The first-order chi connectivity index (χ1) is 8.58. The number of hydrogen-bond donors (Lipinski definition) is 2. The first-order valence-corrected chi connectivity index (χ1v) is 5.68. The molecule has 0 radical (unpaired) electrons. The number of hydrogen-bond acceptors (Lipinski definition) is 3. The number of aromatic nitrogens is 1. The van der Waals surface area contributed by atoms with Crippen LogP contribution in [0.3, 0.4) is 0 Å². The molecule has 0 fully saturated rings. The molecule has 0 atom stereocenters. The second-order valence-corrected chi connectivity index (χ2v) is 4.21. The van der Waals surface area contributed by atoms with Crippen molar-refractivity contribution in [3.63, 3.8) is 0 Å². The molecule has 18 heavy (non-hydrogen) atoms. The molecule has 0 spiro atoms. The van der Waals surface area contributed by atoms with Crippen molar-refractivity contribution in [1.82, 2.24) is 4.98 Å². The monoisotopic (exact) mass is 263 g/mol. The topological polar surface area (TPSA) is 62.8 Å². The summed E-state index contributed by atoms with van der Waals surface area (Å²) < 4.78 is 12.8. The Labute approximate surface area is 109 Å². The molecule has 0 aliphatic heterocycles. The van der Waals surface area contributed by atoms with Gasteiger partial charge in [-0.2, -0.15) is 0 Å². The van der Waals surface area contributed by atoms with Crippen LogP contribution in [0.15, 0.2) is 36.5 Å². The van der Waals surface area contributed by atoms with Gasteiger partial charge in [-0.1, -0.05) is 23.7 Å². The lowest BCUT2D eigenvalue weighted by molar-refractivity contribution is 0.627. The van der Waals surface area contributed by atoms with E-state index in [4.69, 9.17) is 22.7 Å². The van der Waals surface area contributed by atoms with Gasteiger partial charge < -0.3 is 11.1 Å². The maximum atomic E-state index is 12.8. The first-order valence-electron chi connectivity index (χ1n) is 5.30. The molecular weight excluding hydrogens is 253 g/mol. The Morgan fingerprint density at radius 2 is 1.94 bits per heavy atom. The molecule has 3 nitrogen and oxygen atoms in total. The zero-order valence-electron chi connectivity index (χ0n) is 9.45. The largest absolute Gasteiger partial charge is 0.398 e. The summed E-state index contributed by atoms with van der Waals surface area (Å²) in [6, 6.07) is 7.57. The fraction of sp³-hybridized carbons (Fsp3) is 0.0769. The summed E-state index contributed by atoms with van der Waals surface area (Å²) in [7, 11) is 0. The van der Waals surface area contributed by atoms with Gasteiger partial charge in [-0.3, -0.25) is 0 Å². The predicted molar refractivity (Wildman–Crippen MR) is 70.6 cm³/mol. The molecule has 1 aromatic heterocycles. The van der Waals surface area contributed by atoms with Crippen molar-refractivity contribution in [1.29, 1.82) is 5.41 Å². The number of anilines is 1. The number of benzene rings is 1. The molecule has 92 valence electrons. The van der Waals surface area contributed by atoms with Crippen molar-refractivity contribution in [2.45, 2.75) is 6.42 Å². The van der Waals surface area contributed by atoms with Crippen LogP contribution >= 0.6 is 11.6 Å². The van der Waals surface area contributed by atoms with Gasteiger partial charge in [0.05, 0.1) is 5.56 Å². The number of halogens is 2. The zero-order valence-corrected chi connectivity index (χ0v) is 10.2. The van der Waals surface area contributed by atoms with E-state index in [9.17, 15) is 4.39 Å². The van der Waals surface area contributed by atoms with Gasteiger partial charge in [0.2, 0.25) is 0 Å². The average molecular weight is 264 g/mol. The fourth-order valence-electron chi connectivity index (χ4n) is 1.64. The Kier molecular flexibility index (Phi) is 3.58. The van der Waals surface area contributed by atoms with Gasteiger partial charge in [-0.25, -0.2) is 9.37 Å². The Balaban J connectivity index is 2.25. The van der Waals surface area contributed by atoms with E-state index >= 15 is 0 Å². The summed E-state index contributed by atoms with van der Waals surface area (Å²) >= 11 is 5.92. The zero-order chi connectivity index (χ0) is 13.1. The minimum absolute atomic E-state index is 0.210. The van der Waals surface area contributed by atoms with Crippen LogP contribution in [0, 0.1) is 11.2 Å². The quantitative estimate of drug-likeness (QED) is 0.660. The van der Waals surface area contributed by atoms with E-state index in [1.54, 1.807) is 18.2 Å². The van der Waals surface area contributed by atoms with E-state index in [2.05, 4.69) is 4.98 Å². The smallest absolute Gasteiger partial charge is 0.140 e. The van der Waals surface area contributed by atoms with E-state index in [0.29, 0.717) is 17.7 Å². The van der Waals surface area contributed by atoms with Crippen LogP contribution in [-0.2, 0) is 6.42 Å². The van der Waals surface area contributed by atoms with Crippen molar-refractivity contribution >= 4 is 23.0 Å². The van der Waals surface area contributed by atoms with Crippen LogP contribution in [0.2, 0.25) is 5.15 Å². The molecule has 3 N–H and O–H groups in total. The van der Waals surface area contributed by atoms with Gasteiger partial charge in [0.15, 0.2) is 0 Å². The summed E-state index contributed by atoms with van der Waals surface area (Å²) in [5.74, 6) is -0.302. The molecule has 0 aliphatic carbocycles.